The molecule has 22 heavy (non-hydrogen) atoms. The highest BCUT2D eigenvalue weighted by Crippen LogP contribution is 2.22. The number of aromatic nitrogens is 2. The molecule has 1 aromatic heterocycles. The second-order valence-electron chi connectivity index (χ2n) is 4.47. The predicted octanol–water partition coefficient (Wildman–Crippen LogP) is 1.11. The Balaban J connectivity index is 2.20. The number of hydrogen-bond acceptors (Lipinski definition) is 6. The van der Waals surface area contributed by atoms with Crippen molar-refractivity contribution in [1.82, 2.24) is 15.3 Å². The molecule has 0 aliphatic heterocycles. The van der Waals surface area contributed by atoms with Gasteiger partial charge in [-0.3, -0.25) is 4.79 Å². The maximum atomic E-state index is 11.9. The van der Waals surface area contributed by atoms with Crippen LogP contribution >= 0.6 is 0 Å². The third-order valence-electron chi connectivity index (χ3n) is 2.98. The molecule has 1 aromatic carbocycles. The first-order valence-electron chi connectivity index (χ1n) is 6.69. The van der Waals surface area contributed by atoms with Crippen molar-refractivity contribution in [3.63, 3.8) is 0 Å². The van der Waals surface area contributed by atoms with Gasteiger partial charge < -0.3 is 20.5 Å². The van der Waals surface area contributed by atoms with Crippen LogP contribution in [0.4, 0.5) is 5.82 Å². The fourth-order valence-electron chi connectivity index (χ4n) is 1.83. The zero-order chi connectivity index (χ0) is 15.9. The number of anilines is 1. The summed E-state index contributed by atoms with van der Waals surface area (Å²) in [6, 6.07) is 7.30. The smallest absolute Gasteiger partial charge is 0.256 e. The fourth-order valence-corrected chi connectivity index (χ4v) is 1.83. The van der Waals surface area contributed by atoms with Crippen LogP contribution in [0.15, 0.2) is 30.5 Å². The average Bonchev–Trinajstić information content (AvgIpc) is 2.55. The Hall–Kier alpha value is -2.67. The maximum Gasteiger partial charge on any atom is 0.256 e. The van der Waals surface area contributed by atoms with E-state index in [1.807, 2.05) is 18.2 Å². The van der Waals surface area contributed by atoms with E-state index >= 15 is 0 Å². The average molecular weight is 302 g/mol. The van der Waals surface area contributed by atoms with E-state index in [1.165, 1.54) is 6.20 Å². The van der Waals surface area contributed by atoms with Gasteiger partial charge in [0.1, 0.15) is 11.6 Å². The van der Waals surface area contributed by atoms with Crippen LogP contribution in [0.2, 0.25) is 0 Å². The molecular formula is C15H18N4O3. The highest BCUT2D eigenvalue weighted by Gasteiger charge is 2.13. The lowest BCUT2D eigenvalue weighted by Crippen LogP contribution is -2.28. The van der Waals surface area contributed by atoms with Crippen molar-refractivity contribution in [2.75, 3.05) is 33.1 Å². The van der Waals surface area contributed by atoms with Gasteiger partial charge in [-0.05, 0) is 12.1 Å². The van der Waals surface area contributed by atoms with E-state index in [-0.39, 0.29) is 17.3 Å². The Morgan fingerprint density at radius 1 is 1.36 bits per heavy atom. The molecule has 0 atom stereocenters. The van der Waals surface area contributed by atoms with E-state index < -0.39 is 0 Å². The van der Waals surface area contributed by atoms with Gasteiger partial charge in [-0.15, -0.1) is 0 Å². The molecule has 2 aromatic rings. The standard InChI is InChI=1S/C15H18N4O3/c1-21-7-6-17-15(20)12-9-18-14(19-13(12)16)10-4-3-5-11(8-10)22-2/h3-5,8-9H,6-7H2,1-2H3,(H,17,20)(H2,16,18,19). The number of benzene rings is 1. The number of nitrogens with one attached hydrogen (secondary N) is 1. The summed E-state index contributed by atoms with van der Waals surface area (Å²) >= 11 is 0. The number of methoxy groups -OCH3 is 2. The Kier molecular flexibility index (Phi) is 5.26. The Morgan fingerprint density at radius 2 is 2.18 bits per heavy atom. The van der Waals surface area contributed by atoms with Crippen LogP contribution in [-0.4, -0.2) is 43.2 Å². The summed E-state index contributed by atoms with van der Waals surface area (Å²) in [4.78, 5) is 20.3. The third kappa shape index (κ3) is 3.70. The van der Waals surface area contributed by atoms with Crippen LogP contribution in [0.3, 0.4) is 0 Å². The quantitative estimate of drug-likeness (QED) is 0.775. The molecule has 0 spiro atoms. The van der Waals surface area contributed by atoms with E-state index in [0.717, 1.165) is 5.56 Å². The van der Waals surface area contributed by atoms with Gasteiger partial charge in [-0.25, -0.2) is 9.97 Å². The summed E-state index contributed by atoms with van der Waals surface area (Å²) in [5.74, 6) is 0.931. The van der Waals surface area contributed by atoms with Crippen LogP contribution in [0.25, 0.3) is 11.4 Å². The molecule has 0 unspecified atom stereocenters. The number of hydrogen-bond donors (Lipinski definition) is 2. The highest BCUT2D eigenvalue weighted by molar-refractivity contribution is 5.98. The molecule has 0 bridgehead atoms. The zero-order valence-corrected chi connectivity index (χ0v) is 12.5. The van der Waals surface area contributed by atoms with Crippen molar-refractivity contribution in [2.24, 2.45) is 0 Å². The lowest BCUT2D eigenvalue weighted by molar-refractivity contribution is 0.0937. The van der Waals surface area contributed by atoms with E-state index in [2.05, 4.69) is 15.3 Å². The molecule has 7 nitrogen and oxygen atoms in total. The van der Waals surface area contributed by atoms with E-state index in [4.69, 9.17) is 15.2 Å². The molecule has 7 heteroatoms. The van der Waals surface area contributed by atoms with Crippen molar-refractivity contribution in [3.05, 3.63) is 36.0 Å². The van der Waals surface area contributed by atoms with Crippen LogP contribution in [0, 0.1) is 0 Å². The number of carbonyl (C=O) groups excluding carboxylic acids is 1. The maximum absolute atomic E-state index is 11.9. The number of nitrogens with zero attached hydrogens (tertiary/aromatic N) is 2. The molecular weight excluding hydrogens is 284 g/mol. The van der Waals surface area contributed by atoms with Crippen molar-refractivity contribution in [3.8, 4) is 17.1 Å². The summed E-state index contributed by atoms with van der Waals surface area (Å²) in [6.07, 6.45) is 1.42. The van der Waals surface area contributed by atoms with Crippen LogP contribution in [-0.2, 0) is 4.74 Å². The highest BCUT2D eigenvalue weighted by atomic mass is 16.5. The van der Waals surface area contributed by atoms with Gasteiger partial charge in [0.2, 0.25) is 0 Å². The number of ether oxygens (including phenoxy) is 2. The molecule has 0 saturated carbocycles. The van der Waals surface area contributed by atoms with Gasteiger partial charge in [0.25, 0.3) is 5.91 Å². The third-order valence-corrected chi connectivity index (χ3v) is 2.98. The second kappa shape index (κ2) is 7.37. The Labute approximate surface area is 128 Å². The monoisotopic (exact) mass is 302 g/mol. The first kappa shape index (κ1) is 15.7. The minimum Gasteiger partial charge on any atom is -0.497 e. The van der Waals surface area contributed by atoms with Crippen molar-refractivity contribution in [1.29, 1.82) is 0 Å². The number of carbonyl (C=O) groups is 1. The van der Waals surface area contributed by atoms with Gasteiger partial charge in [0, 0.05) is 25.4 Å². The molecule has 0 saturated heterocycles. The lowest BCUT2D eigenvalue weighted by atomic mass is 10.2. The molecule has 0 aliphatic rings. The molecule has 2 rings (SSSR count). The second-order valence-corrected chi connectivity index (χ2v) is 4.47. The van der Waals surface area contributed by atoms with E-state index in [9.17, 15) is 4.79 Å². The lowest BCUT2D eigenvalue weighted by Gasteiger charge is -2.08. The summed E-state index contributed by atoms with van der Waals surface area (Å²) in [5.41, 5.74) is 6.86. The molecule has 116 valence electrons. The van der Waals surface area contributed by atoms with Gasteiger partial charge in [0.15, 0.2) is 5.82 Å². The van der Waals surface area contributed by atoms with Gasteiger partial charge in [0.05, 0.1) is 19.3 Å². The SMILES string of the molecule is COCCNC(=O)c1cnc(-c2cccc(OC)c2)nc1N. The molecule has 3 N–H and O–H groups in total. The van der Waals surface area contributed by atoms with Crippen LogP contribution in [0.5, 0.6) is 5.75 Å². The predicted molar refractivity (Wildman–Crippen MR) is 82.6 cm³/mol. The number of nitrogen functional groups attached to an aromatic ring is 1. The molecule has 0 fully saturated rings. The summed E-state index contributed by atoms with van der Waals surface area (Å²) in [7, 11) is 3.15. The number of rotatable bonds is 6. The Bertz CT molecular complexity index is 661. The Morgan fingerprint density at radius 3 is 2.86 bits per heavy atom. The van der Waals surface area contributed by atoms with Crippen LogP contribution in [0.1, 0.15) is 10.4 Å². The molecule has 0 aliphatic carbocycles. The summed E-state index contributed by atoms with van der Waals surface area (Å²) < 4.78 is 10.0. The number of amides is 1. The van der Waals surface area contributed by atoms with E-state index in [0.29, 0.717) is 24.7 Å². The normalized spacial score (nSPS) is 10.3. The number of nitrogens with two attached hydrogens (primary N) is 1. The van der Waals surface area contributed by atoms with Crippen LogP contribution < -0.4 is 15.8 Å². The zero-order valence-electron chi connectivity index (χ0n) is 12.5. The van der Waals surface area contributed by atoms with E-state index in [1.54, 1.807) is 20.3 Å². The van der Waals surface area contributed by atoms with Crippen molar-refractivity contribution < 1.29 is 14.3 Å². The van der Waals surface area contributed by atoms with Crippen molar-refractivity contribution in [2.45, 2.75) is 0 Å². The van der Waals surface area contributed by atoms with Crippen molar-refractivity contribution >= 4 is 11.7 Å². The minimum atomic E-state index is -0.327. The van der Waals surface area contributed by atoms with Gasteiger partial charge in [-0.1, -0.05) is 12.1 Å². The summed E-state index contributed by atoms with van der Waals surface area (Å²) in [6.45, 7) is 0.820. The van der Waals surface area contributed by atoms with Gasteiger partial charge >= 0.3 is 0 Å². The molecule has 0 radical (unpaired) electrons. The molecule has 1 heterocycles. The first-order chi connectivity index (χ1) is 10.7. The largest absolute Gasteiger partial charge is 0.497 e. The summed E-state index contributed by atoms with van der Waals surface area (Å²) in [5, 5.41) is 2.67. The van der Waals surface area contributed by atoms with Gasteiger partial charge in [-0.2, -0.15) is 0 Å². The topological polar surface area (TPSA) is 99.4 Å². The fraction of sp³-hybridized carbons (Fsp3) is 0.267. The molecule has 1 amide bonds. The first-order valence-corrected chi connectivity index (χ1v) is 6.69. The minimum absolute atomic E-state index is 0.128.